The number of allylic oxidation sites excluding steroid dienone is 11. The second-order valence-electron chi connectivity index (χ2n) is 24.5. The summed E-state index contributed by atoms with van der Waals surface area (Å²) in [6.07, 6.45) is 94.1. The monoisotopic (exact) mass is 1160 g/mol. The van der Waals surface area contributed by atoms with E-state index in [4.69, 9.17) is 14.2 Å². The van der Waals surface area contributed by atoms with Crippen LogP contribution in [-0.2, 0) is 28.6 Å². The molecule has 0 bridgehead atoms. The number of carbonyl (C=O) groups excluding carboxylic acids is 3. The smallest absolute Gasteiger partial charge is 0.309 e. The Bertz CT molecular complexity index is 1520. The van der Waals surface area contributed by atoms with E-state index in [0.29, 0.717) is 12.8 Å². The predicted octanol–water partition coefficient (Wildman–Crippen LogP) is 25.2. The van der Waals surface area contributed by atoms with Crippen molar-refractivity contribution in [2.24, 2.45) is 0 Å². The Balaban J connectivity index is 4.24. The predicted molar refractivity (Wildman–Crippen MR) is 362 cm³/mol. The van der Waals surface area contributed by atoms with Crippen molar-refractivity contribution in [3.05, 3.63) is 72.9 Å². The summed E-state index contributed by atoms with van der Waals surface area (Å²) < 4.78 is 16.9. The van der Waals surface area contributed by atoms with Crippen molar-refractivity contribution in [1.29, 1.82) is 0 Å². The van der Waals surface area contributed by atoms with E-state index in [1.54, 1.807) is 0 Å². The molecule has 0 spiro atoms. The highest BCUT2D eigenvalue weighted by atomic mass is 16.6. The van der Waals surface area contributed by atoms with Gasteiger partial charge in [0, 0.05) is 12.8 Å². The van der Waals surface area contributed by atoms with Gasteiger partial charge in [0.2, 0.25) is 0 Å². The van der Waals surface area contributed by atoms with Crippen molar-refractivity contribution in [3.63, 3.8) is 0 Å². The van der Waals surface area contributed by atoms with Crippen LogP contribution < -0.4 is 0 Å². The molecule has 0 heterocycles. The largest absolute Gasteiger partial charge is 0.462 e. The summed E-state index contributed by atoms with van der Waals surface area (Å²) in [6.45, 7) is 6.49. The SMILES string of the molecule is CC/C=C\C/C=C\C/C=C\C/C=C\C/C=C\CC(=O)OCC(COC(=O)CCCCCCCCCCCCCCCCCCCCCCCCCCCCCCCCC)OC(=O)CCCCCCCCCCC/C=C\CCCCCCCC. The van der Waals surface area contributed by atoms with Gasteiger partial charge in [-0.15, -0.1) is 0 Å². The maximum Gasteiger partial charge on any atom is 0.309 e. The minimum atomic E-state index is -0.817. The molecule has 0 N–H and O–H groups in total. The summed E-state index contributed by atoms with van der Waals surface area (Å²) in [7, 11) is 0. The Labute approximate surface area is 516 Å². The zero-order valence-electron chi connectivity index (χ0n) is 55.5. The lowest BCUT2D eigenvalue weighted by atomic mass is 10.0. The molecule has 0 aliphatic carbocycles. The topological polar surface area (TPSA) is 78.9 Å². The Kier molecular flexibility index (Phi) is 68.6. The van der Waals surface area contributed by atoms with E-state index in [0.717, 1.165) is 70.6 Å². The first-order valence-corrected chi connectivity index (χ1v) is 36.4. The maximum absolute atomic E-state index is 12.9. The lowest BCUT2D eigenvalue weighted by molar-refractivity contribution is -0.166. The first-order chi connectivity index (χ1) is 41.0. The number of ether oxygens (including phenoxy) is 3. The average molecular weight is 1160 g/mol. The number of carbonyl (C=O) groups is 3. The first kappa shape index (κ1) is 79.8. The van der Waals surface area contributed by atoms with E-state index < -0.39 is 12.1 Å². The lowest BCUT2D eigenvalue weighted by Crippen LogP contribution is -2.30. The molecule has 0 saturated carbocycles. The number of rotatable bonds is 67. The van der Waals surface area contributed by atoms with E-state index >= 15 is 0 Å². The summed E-state index contributed by atoms with van der Waals surface area (Å²) in [5.74, 6) is -1.02. The third-order valence-electron chi connectivity index (χ3n) is 16.2. The summed E-state index contributed by atoms with van der Waals surface area (Å²) in [4.78, 5) is 38.4. The quantitative estimate of drug-likeness (QED) is 0.0261. The molecule has 83 heavy (non-hydrogen) atoms. The van der Waals surface area contributed by atoms with Crippen LogP contribution in [0.2, 0.25) is 0 Å². The van der Waals surface area contributed by atoms with Gasteiger partial charge in [-0.1, -0.05) is 363 Å². The highest BCUT2D eigenvalue weighted by Crippen LogP contribution is 2.19. The normalized spacial score (nSPS) is 12.5. The third-order valence-corrected chi connectivity index (χ3v) is 16.2. The molecule has 6 heteroatoms. The molecule has 1 unspecified atom stereocenters. The summed E-state index contributed by atoms with van der Waals surface area (Å²) in [6, 6.07) is 0. The van der Waals surface area contributed by atoms with Gasteiger partial charge in [0.05, 0.1) is 6.42 Å². The molecule has 1 atom stereocenters. The minimum absolute atomic E-state index is 0.103. The van der Waals surface area contributed by atoms with Crippen LogP contribution in [0.1, 0.15) is 380 Å². The zero-order valence-corrected chi connectivity index (χ0v) is 55.5. The maximum atomic E-state index is 12.9. The summed E-state index contributed by atoms with van der Waals surface area (Å²) >= 11 is 0. The van der Waals surface area contributed by atoms with Gasteiger partial charge in [-0.25, -0.2) is 0 Å². The molecule has 0 aliphatic rings. The van der Waals surface area contributed by atoms with Gasteiger partial charge in [-0.2, -0.15) is 0 Å². The molecule has 0 rings (SSSR count). The Morgan fingerprint density at radius 2 is 0.518 bits per heavy atom. The van der Waals surface area contributed by atoms with Crippen molar-refractivity contribution >= 4 is 17.9 Å². The molecular formula is C77H138O6. The van der Waals surface area contributed by atoms with Gasteiger partial charge in [0.25, 0.3) is 0 Å². The molecule has 0 aliphatic heterocycles. The van der Waals surface area contributed by atoms with Crippen molar-refractivity contribution < 1.29 is 28.6 Å². The lowest BCUT2D eigenvalue weighted by Gasteiger charge is -2.18. The van der Waals surface area contributed by atoms with E-state index in [9.17, 15) is 14.4 Å². The first-order valence-electron chi connectivity index (χ1n) is 36.4. The highest BCUT2D eigenvalue weighted by Gasteiger charge is 2.19. The molecule has 0 aromatic rings. The van der Waals surface area contributed by atoms with E-state index in [-0.39, 0.29) is 31.6 Å². The minimum Gasteiger partial charge on any atom is -0.462 e. The van der Waals surface area contributed by atoms with Crippen LogP contribution in [0, 0.1) is 0 Å². The highest BCUT2D eigenvalue weighted by molar-refractivity contribution is 5.72. The Morgan fingerprint density at radius 3 is 0.831 bits per heavy atom. The number of hydrogen-bond acceptors (Lipinski definition) is 6. The van der Waals surface area contributed by atoms with Gasteiger partial charge in [-0.05, 0) is 70.6 Å². The Morgan fingerprint density at radius 1 is 0.265 bits per heavy atom. The average Bonchev–Trinajstić information content (AvgIpc) is 3.50. The molecule has 0 aromatic carbocycles. The van der Waals surface area contributed by atoms with Gasteiger partial charge in [0.1, 0.15) is 13.2 Å². The van der Waals surface area contributed by atoms with Crippen molar-refractivity contribution in [2.45, 2.75) is 386 Å². The van der Waals surface area contributed by atoms with Crippen LogP contribution in [-0.4, -0.2) is 37.2 Å². The zero-order chi connectivity index (χ0) is 59.9. The molecule has 6 nitrogen and oxygen atoms in total. The van der Waals surface area contributed by atoms with E-state index in [2.05, 4.69) is 81.5 Å². The molecule has 0 radical (unpaired) electrons. The third kappa shape index (κ3) is 69.5. The van der Waals surface area contributed by atoms with Crippen LogP contribution in [0.4, 0.5) is 0 Å². The second-order valence-corrected chi connectivity index (χ2v) is 24.5. The fourth-order valence-corrected chi connectivity index (χ4v) is 10.8. The second kappa shape index (κ2) is 71.3. The molecule has 0 saturated heterocycles. The summed E-state index contributed by atoms with van der Waals surface area (Å²) in [5, 5.41) is 0. The van der Waals surface area contributed by atoms with Crippen molar-refractivity contribution in [3.8, 4) is 0 Å². The standard InChI is InChI=1S/C77H138O6/c1-4-7-10-13-16-19-22-25-28-30-32-33-34-35-36-37-38-39-40-41-42-43-45-46-49-52-55-58-61-64-67-70-76(79)82-73-74(72-81-75(78)69-66-63-60-57-54-51-48-27-24-21-18-15-12-9-6-3)83-77(80)71-68-65-62-59-56-53-50-47-44-31-29-26-23-20-17-14-11-8-5-2/h9,12,18,21,26-27,29,48,54,57,63,66,74H,4-8,10-11,13-17,19-20,22-25,28,30-47,49-53,55-56,58-62,64-65,67-73H2,1-3H3/b12-9-,21-18-,29-26-,48-27-,57-54-,66-63-. The van der Waals surface area contributed by atoms with Crippen LogP contribution in [0.25, 0.3) is 0 Å². The molecule has 0 fully saturated rings. The van der Waals surface area contributed by atoms with Gasteiger partial charge < -0.3 is 14.2 Å². The number of esters is 3. The van der Waals surface area contributed by atoms with E-state index in [1.165, 1.54) is 270 Å². The van der Waals surface area contributed by atoms with Gasteiger partial charge in [0.15, 0.2) is 6.10 Å². The van der Waals surface area contributed by atoms with Gasteiger partial charge in [-0.3, -0.25) is 14.4 Å². The molecular weight excluding hydrogens is 1020 g/mol. The van der Waals surface area contributed by atoms with Crippen molar-refractivity contribution in [1.82, 2.24) is 0 Å². The molecule has 482 valence electrons. The van der Waals surface area contributed by atoms with Gasteiger partial charge >= 0.3 is 17.9 Å². The summed E-state index contributed by atoms with van der Waals surface area (Å²) in [5.41, 5.74) is 0. The van der Waals surface area contributed by atoms with Crippen LogP contribution in [0.5, 0.6) is 0 Å². The number of hydrogen-bond donors (Lipinski definition) is 0. The molecule has 0 amide bonds. The van der Waals surface area contributed by atoms with Crippen molar-refractivity contribution in [2.75, 3.05) is 13.2 Å². The van der Waals surface area contributed by atoms with Crippen LogP contribution >= 0.6 is 0 Å². The van der Waals surface area contributed by atoms with Crippen LogP contribution in [0.15, 0.2) is 72.9 Å². The van der Waals surface area contributed by atoms with Crippen LogP contribution in [0.3, 0.4) is 0 Å². The fraction of sp³-hybridized carbons (Fsp3) is 0.805. The van der Waals surface area contributed by atoms with E-state index in [1.807, 2.05) is 12.2 Å². The molecule has 0 aromatic heterocycles. The Hall–Kier alpha value is -3.15. The fourth-order valence-electron chi connectivity index (χ4n) is 10.8. The number of unbranched alkanes of at least 4 members (excludes halogenated alkanes) is 45.